The zero-order valence-electron chi connectivity index (χ0n) is 13.5. The Kier molecular flexibility index (Phi) is 5.10. The van der Waals surface area contributed by atoms with Crippen LogP contribution < -0.4 is 10.6 Å². The van der Waals surface area contributed by atoms with Crippen molar-refractivity contribution in [1.82, 2.24) is 9.88 Å². The highest BCUT2D eigenvalue weighted by Crippen LogP contribution is 2.21. The quantitative estimate of drug-likeness (QED) is 0.892. The lowest BCUT2D eigenvalue weighted by Gasteiger charge is -2.29. The number of likely N-dealkylation sites (tertiary alicyclic amines) is 1. The SMILES string of the molecule is CC1CCN(C(=O)c2csc(NC(=O)Nc3ccccc3)n2)CC1. The number of urea groups is 1. The minimum absolute atomic E-state index is 0.0605. The standard InChI is InChI=1S/C17H20N4O2S/c1-12-7-9-21(10-8-12)15(22)14-11-24-17(19-14)20-16(23)18-13-5-3-2-4-6-13/h2-6,11-12H,7-10H2,1H3,(H2,18,19,20,23). The van der Waals surface area contributed by atoms with Crippen molar-refractivity contribution in [3.63, 3.8) is 0 Å². The number of piperidine rings is 1. The Morgan fingerprint density at radius 1 is 1.17 bits per heavy atom. The van der Waals surface area contributed by atoms with Gasteiger partial charge in [-0.3, -0.25) is 10.1 Å². The van der Waals surface area contributed by atoms with Gasteiger partial charge in [0, 0.05) is 24.2 Å². The number of aromatic nitrogens is 1. The molecule has 126 valence electrons. The summed E-state index contributed by atoms with van der Waals surface area (Å²) in [6, 6.07) is 8.79. The normalized spacial score (nSPS) is 15.1. The number of carbonyl (C=O) groups excluding carboxylic acids is 2. The maximum absolute atomic E-state index is 12.4. The molecule has 0 aliphatic carbocycles. The van der Waals surface area contributed by atoms with Crippen molar-refractivity contribution in [2.75, 3.05) is 23.7 Å². The highest BCUT2D eigenvalue weighted by molar-refractivity contribution is 7.14. The van der Waals surface area contributed by atoms with Gasteiger partial charge in [-0.15, -0.1) is 11.3 Å². The third-order valence-corrected chi connectivity index (χ3v) is 4.80. The van der Waals surface area contributed by atoms with Crippen molar-refractivity contribution in [2.24, 2.45) is 5.92 Å². The zero-order valence-corrected chi connectivity index (χ0v) is 14.3. The summed E-state index contributed by atoms with van der Waals surface area (Å²) < 4.78 is 0. The maximum atomic E-state index is 12.4. The smallest absolute Gasteiger partial charge is 0.325 e. The number of nitrogens with one attached hydrogen (secondary N) is 2. The number of amides is 3. The molecule has 0 unspecified atom stereocenters. The fourth-order valence-electron chi connectivity index (χ4n) is 2.58. The van der Waals surface area contributed by atoms with Gasteiger partial charge in [-0.2, -0.15) is 0 Å². The lowest BCUT2D eigenvalue weighted by atomic mass is 9.99. The molecule has 1 aromatic heterocycles. The van der Waals surface area contributed by atoms with Crippen LogP contribution in [-0.2, 0) is 0 Å². The molecular weight excluding hydrogens is 324 g/mol. The molecule has 0 atom stereocenters. The predicted molar refractivity (Wildman–Crippen MR) is 95.5 cm³/mol. The summed E-state index contributed by atoms with van der Waals surface area (Å²) >= 11 is 1.25. The molecule has 1 aromatic carbocycles. The summed E-state index contributed by atoms with van der Waals surface area (Å²) in [4.78, 5) is 30.5. The predicted octanol–water partition coefficient (Wildman–Crippen LogP) is 3.66. The summed E-state index contributed by atoms with van der Waals surface area (Å²) in [5, 5.41) is 7.49. The van der Waals surface area contributed by atoms with Crippen LogP contribution >= 0.6 is 11.3 Å². The van der Waals surface area contributed by atoms with Gasteiger partial charge in [0.05, 0.1) is 0 Å². The van der Waals surface area contributed by atoms with Crippen LogP contribution in [0.5, 0.6) is 0 Å². The molecule has 1 saturated heterocycles. The molecule has 3 rings (SSSR count). The molecular formula is C17H20N4O2S. The second-order valence-electron chi connectivity index (χ2n) is 5.96. The van der Waals surface area contributed by atoms with Crippen molar-refractivity contribution >= 4 is 34.1 Å². The van der Waals surface area contributed by atoms with E-state index in [9.17, 15) is 9.59 Å². The number of hydrogen-bond donors (Lipinski definition) is 2. The third kappa shape index (κ3) is 4.11. The van der Waals surface area contributed by atoms with E-state index in [1.165, 1.54) is 11.3 Å². The van der Waals surface area contributed by atoms with Gasteiger partial charge in [-0.25, -0.2) is 9.78 Å². The molecule has 0 saturated carbocycles. The van der Waals surface area contributed by atoms with E-state index in [-0.39, 0.29) is 11.9 Å². The van der Waals surface area contributed by atoms with Crippen LogP contribution in [-0.4, -0.2) is 34.9 Å². The van der Waals surface area contributed by atoms with E-state index in [1.54, 1.807) is 17.5 Å². The summed E-state index contributed by atoms with van der Waals surface area (Å²) in [5.41, 5.74) is 1.09. The third-order valence-electron chi connectivity index (χ3n) is 4.05. The second kappa shape index (κ2) is 7.44. The molecule has 2 N–H and O–H groups in total. The van der Waals surface area contributed by atoms with Crippen LogP contribution in [0.2, 0.25) is 0 Å². The maximum Gasteiger partial charge on any atom is 0.325 e. The van der Waals surface area contributed by atoms with Crippen molar-refractivity contribution < 1.29 is 9.59 Å². The van der Waals surface area contributed by atoms with Gasteiger partial charge in [0.25, 0.3) is 5.91 Å². The molecule has 0 spiro atoms. The van der Waals surface area contributed by atoms with E-state index in [1.807, 2.05) is 23.1 Å². The number of rotatable bonds is 3. The van der Waals surface area contributed by atoms with E-state index in [0.29, 0.717) is 22.4 Å². The van der Waals surface area contributed by atoms with Crippen LogP contribution in [0.1, 0.15) is 30.3 Å². The fourth-order valence-corrected chi connectivity index (χ4v) is 3.26. The summed E-state index contributed by atoms with van der Waals surface area (Å²) in [7, 11) is 0. The highest BCUT2D eigenvalue weighted by atomic mass is 32.1. The molecule has 6 nitrogen and oxygen atoms in total. The molecule has 1 aliphatic heterocycles. The van der Waals surface area contributed by atoms with Crippen LogP contribution in [0.15, 0.2) is 35.7 Å². The molecule has 1 fully saturated rings. The number of anilines is 2. The first-order chi connectivity index (χ1) is 11.6. The number of benzene rings is 1. The Hall–Kier alpha value is -2.41. The van der Waals surface area contributed by atoms with Gasteiger partial charge in [-0.1, -0.05) is 25.1 Å². The van der Waals surface area contributed by atoms with E-state index in [4.69, 9.17) is 0 Å². The van der Waals surface area contributed by atoms with Crippen LogP contribution in [0.3, 0.4) is 0 Å². The summed E-state index contributed by atoms with van der Waals surface area (Å²) in [6.07, 6.45) is 2.06. The van der Waals surface area contributed by atoms with E-state index in [0.717, 1.165) is 25.9 Å². The Morgan fingerprint density at radius 2 is 1.88 bits per heavy atom. The molecule has 24 heavy (non-hydrogen) atoms. The van der Waals surface area contributed by atoms with Crippen LogP contribution in [0.4, 0.5) is 15.6 Å². The van der Waals surface area contributed by atoms with Crippen molar-refractivity contribution in [3.05, 3.63) is 41.4 Å². The van der Waals surface area contributed by atoms with E-state index in [2.05, 4.69) is 22.5 Å². The molecule has 3 amide bonds. The average Bonchev–Trinajstić information content (AvgIpc) is 3.04. The van der Waals surface area contributed by atoms with E-state index >= 15 is 0 Å². The Balaban J connectivity index is 1.57. The molecule has 2 aromatic rings. The van der Waals surface area contributed by atoms with Crippen molar-refractivity contribution in [3.8, 4) is 0 Å². The van der Waals surface area contributed by atoms with Crippen molar-refractivity contribution in [1.29, 1.82) is 0 Å². The molecule has 0 radical (unpaired) electrons. The Morgan fingerprint density at radius 3 is 2.58 bits per heavy atom. The molecule has 1 aliphatic rings. The largest absolute Gasteiger partial charge is 0.337 e. The second-order valence-corrected chi connectivity index (χ2v) is 6.82. The lowest BCUT2D eigenvalue weighted by Crippen LogP contribution is -2.38. The number of nitrogens with zero attached hydrogens (tertiary/aromatic N) is 2. The van der Waals surface area contributed by atoms with Gasteiger partial charge in [-0.05, 0) is 30.9 Å². The van der Waals surface area contributed by atoms with Gasteiger partial charge >= 0.3 is 6.03 Å². The van der Waals surface area contributed by atoms with E-state index < -0.39 is 0 Å². The Bertz CT molecular complexity index is 708. The first-order valence-electron chi connectivity index (χ1n) is 7.99. The first kappa shape index (κ1) is 16.4. The number of thiazole rings is 1. The van der Waals surface area contributed by atoms with Crippen molar-refractivity contribution in [2.45, 2.75) is 19.8 Å². The minimum atomic E-state index is -0.374. The molecule has 0 bridgehead atoms. The van der Waals surface area contributed by atoms with Crippen LogP contribution in [0, 0.1) is 5.92 Å². The topological polar surface area (TPSA) is 74.3 Å². The first-order valence-corrected chi connectivity index (χ1v) is 8.87. The summed E-state index contributed by atoms with van der Waals surface area (Å²) in [6.45, 7) is 3.75. The Labute approximate surface area is 144 Å². The fraction of sp³-hybridized carbons (Fsp3) is 0.353. The van der Waals surface area contributed by atoms with Gasteiger partial charge in [0.1, 0.15) is 5.69 Å². The average molecular weight is 344 g/mol. The van der Waals surface area contributed by atoms with Gasteiger partial charge in [0.15, 0.2) is 5.13 Å². The highest BCUT2D eigenvalue weighted by Gasteiger charge is 2.23. The molecule has 2 heterocycles. The molecule has 7 heteroatoms. The number of para-hydroxylation sites is 1. The van der Waals surface area contributed by atoms with Crippen LogP contribution in [0.25, 0.3) is 0 Å². The number of hydrogen-bond acceptors (Lipinski definition) is 4. The minimum Gasteiger partial charge on any atom is -0.337 e. The van der Waals surface area contributed by atoms with Gasteiger partial charge in [0.2, 0.25) is 0 Å². The zero-order chi connectivity index (χ0) is 16.9. The summed E-state index contributed by atoms with van der Waals surface area (Å²) in [5.74, 6) is 0.609. The van der Waals surface area contributed by atoms with Gasteiger partial charge < -0.3 is 10.2 Å². The number of carbonyl (C=O) groups is 2. The monoisotopic (exact) mass is 344 g/mol. The lowest BCUT2D eigenvalue weighted by molar-refractivity contribution is 0.0692.